The molecule has 0 aliphatic rings. The molecule has 0 N–H and O–H groups in total. The summed E-state index contributed by atoms with van der Waals surface area (Å²) in [5.41, 5.74) is 1.72. The number of rotatable bonds is 1. The summed E-state index contributed by atoms with van der Waals surface area (Å²) in [6.45, 7) is 15.2. The lowest BCUT2D eigenvalue weighted by Crippen LogP contribution is -1.99. The lowest BCUT2D eigenvalue weighted by molar-refractivity contribution is 0.545. The summed E-state index contributed by atoms with van der Waals surface area (Å²) in [5, 5.41) is 4.17. The van der Waals surface area contributed by atoms with Gasteiger partial charge in [-0.2, -0.15) is 0 Å². The Hall–Kier alpha value is -0.340. The van der Waals surface area contributed by atoms with Crippen molar-refractivity contribution >= 4 is 60.1 Å². The van der Waals surface area contributed by atoms with Crippen molar-refractivity contribution in [3.05, 3.63) is 47.7 Å². The molecule has 2 aromatic rings. The molecule has 0 amide bonds. The normalized spacial score (nSPS) is 12.1. The van der Waals surface area contributed by atoms with E-state index >= 15 is 0 Å². The molecule has 0 nitrogen and oxygen atoms in total. The Morgan fingerprint density at radius 1 is 0.960 bits per heavy atom. The second-order valence-electron chi connectivity index (χ2n) is 7.95. The average molecular weight is 502 g/mol. The molecule has 0 saturated heterocycles. The first-order chi connectivity index (χ1) is 11.4. The highest BCUT2D eigenvalue weighted by atomic mass is 79.9. The number of halogens is 2. The molecule has 0 unspecified atom stereocenters. The molecule has 0 radical (unpaired) electrons. The lowest BCUT2D eigenvalue weighted by atomic mass is 9.93. The van der Waals surface area contributed by atoms with Crippen molar-refractivity contribution < 1.29 is 0 Å². The van der Waals surface area contributed by atoms with Gasteiger partial charge in [-0.3, -0.25) is 0 Å². The third-order valence-electron chi connectivity index (χ3n) is 2.73. The second-order valence-corrected chi connectivity index (χ2v) is 11.6. The van der Waals surface area contributed by atoms with Crippen LogP contribution in [0.25, 0.3) is 5.57 Å². The van der Waals surface area contributed by atoms with E-state index in [-0.39, 0.29) is 10.8 Å². The maximum atomic E-state index is 3.46. The van der Waals surface area contributed by atoms with Crippen LogP contribution in [0.3, 0.4) is 0 Å². The largest absolute Gasteiger partial charge is 0.143 e. The fourth-order valence-electron chi connectivity index (χ4n) is 1.87. The molecule has 2 aromatic heterocycles. The molecule has 136 valence electrons. The van der Waals surface area contributed by atoms with E-state index in [0.29, 0.717) is 0 Å². The minimum Gasteiger partial charge on any atom is -0.143 e. The molecule has 4 heteroatoms. The summed E-state index contributed by atoms with van der Waals surface area (Å²) in [6.07, 6.45) is 2.31. The average Bonchev–Trinajstić information content (AvgIpc) is 3.03. The highest BCUT2D eigenvalue weighted by molar-refractivity contribution is 9.10. The standard InChI is InChI=1S/C11H15BrS.C10H11BrS/c1-8(6-11(2,3)4)10-5-9(12)7-13-10;1-10(2,3)5-4-9-6-8(11)7-12-9/h5-7H,1-4H3;6-7H,1-3H3/b8-6+;. The maximum Gasteiger partial charge on any atom is 0.0780 e. The van der Waals surface area contributed by atoms with Crippen molar-refractivity contribution in [3.8, 4) is 11.8 Å². The van der Waals surface area contributed by atoms with Gasteiger partial charge in [0, 0.05) is 30.0 Å². The van der Waals surface area contributed by atoms with Gasteiger partial charge in [-0.15, -0.1) is 22.7 Å². The fraction of sp³-hybridized carbons (Fsp3) is 0.429. The molecule has 2 rings (SSSR count). The second kappa shape index (κ2) is 9.55. The smallest absolute Gasteiger partial charge is 0.0780 e. The van der Waals surface area contributed by atoms with E-state index in [0.717, 1.165) is 9.35 Å². The van der Waals surface area contributed by atoms with Crippen LogP contribution >= 0.6 is 54.5 Å². The molecule has 0 spiro atoms. The first-order valence-corrected chi connectivity index (χ1v) is 11.4. The molecule has 0 fully saturated rings. The van der Waals surface area contributed by atoms with Gasteiger partial charge in [-0.1, -0.05) is 38.7 Å². The van der Waals surface area contributed by atoms with Crippen LogP contribution in [0.4, 0.5) is 0 Å². The first-order valence-electron chi connectivity index (χ1n) is 8.07. The zero-order chi connectivity index (χ0) is 19.3. The predicted octanol–water partition coefficient (Wildman–Crippen LogP) is 8.87. The summed E-state index contributed by atoms with van der Waals surface area (Å²) in [7, 11) is 0. The molecule has 0 aliphatic carbocycles. The van der Waals surface area contributed by atoms with Crippen molar-refractivity contribution in [1.82, 2.24) is 0 Å². The number of thiophene rings is 2. The van der Waals surface area contributed by atoms with E-state index < -0.39 is 0 Å². The Morgan fingerprint density at radius 2 is 1.52 bits per heavy atom. The van der Waals surface area contributed by atoms with Gasteiger partial charge in [-0.05, 0) is 82.7 Å². The molecule has 0 saturated carbocycles. The van der Waals surface area contributed by atoms with E-state index in [1.807, 2.05) is 11.4 Å². The van der Waals surface area contributed by atoms with Crippen LogP contribution in [-0.4, -0.2) is 0 Å². The molecule has 0 bridgehead atoms. The van der Waals surface area contributed by atoms with Crippen LogP contribution in [-0.2, 0) is 0 Å². The first kappa shape index (κ1) is 22.7. The van der Waals surface area contributed by atoms with E-state index in [1.165, 1.54) is 14.9 Å². The zero-order valence-corrected chi connectivity index (χ0v) is 20.8. The van der Waals surface area contributed by atoms with Crippen LogP contribution in [0, 0.1) is 22.7 Å². The van der Waals surface area contributed by atoms with E-state index in [9.17, 15) is 0 Å². The monoisotopic (exact) mass is 500 g/mol. The molecular weight excluding hydrogens is 476 g/mol. The van der Waals surface area contributed by atoms with Crippen molar-refractivity contribution in [1.29, 1.82) is 0 Å². The van der Waals surface area contributed by atoms with Gasteiger partial charge in [-0.25, -0.2) is 0 Å². The van der Waals surface area contributed by atoms with Gasteiger partial charge in [0.2, 0.25) is 0 Å². The van der Waals surface area contributed by atoms with E-state index in [1.54, 1.807) is 22.7 Å². The van der Waals surface area contributed by atoms with Gasteiger partial charge in [0.25, 0.3) is 0 Å². The summed E-state index contributed by atoms with van der Waals surface area (Å²) in [4.78, 5) is 2.47. The highest BCUT2D eigenvalue weighted by Crippen LogP contribution is 2.29. The minimum atomic E-state index is 0.0937. The Bertz CT molecular complexity index is 769. The minimum absolute atomic E-state index is 0.0937. The van der Waals surface area contributed by atoms with Gasteiger partial charge < -0.3 is 0 Å². The SMILES string of the molecule is C/C(=C\C(C)(C)C)c1cc(Br)cs1.CC(C)(C)C#Cc1cc(Br)cs1. The number of allylic oxidation sites excluding steroid dienone is 2. The van der Waals surface area contributed by atoms with Gasteiger partial charge in [0.05, 0.1) is 4.88 Å². The lowest BCUT2D eigenvalue weighted by Gasteiger charge is -2.13. The van der Waals surface area contributed by atoms with Crippen molar-refractivity contribution in [2.24, 2.45) is 10.8 Å². The maximum absolute atomic E-state index is 3.46. The molecule has 0 atom stereocenters. The Morgan fingerprint density at radius 3 is 1.92 bits per heavy atom. The Labute approximate surface area is 178 Å². The molecule has 2 heterocycles. The Kier molecular flexibility index (Phi) is 8.67. The summed E-state index contributed by atoms with van der Waals surface area (Å²) >= 11 is 10.3. The summed E-state index contributed by atoms with van der Waals surface area (Å²) in [6, 6.07) is 4.21. The summed E-state index contributed by atoms with van der Waals surface area (Å²) in [5.74, 6) is 6.34. The van der Waals surface area contributed by atoms with Gasteiger partial charge in [0.1, 0.15) is 0 Å². The third kappa shape index (κ3) is 10.4. The van der Waals surface area contributed by atoms with Crippen LogP contribution in [0.1, 0.15) is 58.2 Å². The molecule has 25 heavy (non-hydrogen) atoms. The molecule has 0 aliphatic heterocycles. The van der Waals surface area contributed by atoms with Crippen LogP contribution in [0.5, 0.6) is 0 Å². The quantitative estimate of drug-likeness (QED) is 0.342. The third-order valence-corrected chi connectivity index (χ3v) is 6.17. The van der Waals surface area contributed by atoms with Crippen LogP contribution < -0.4 is 0 Å². The van der Waals surface area contributed by atoms with Crippen molar-refractivity contribution in [2.45, 2.75) is 48.5 Å². The summed E-state index contributed by atoms with van der Waals surface area (Å²) < 4.78 is 2.29. The van der Waals surface area contributed by atoms with Gasteiger partial charge in [0.15, 0.2) is 0 Å². The zero-order valence-electron chi connectivity index (χ0n) is 16.0. The fourth-order valence-corrected chi connectivity index (χ4v) is 4.55. The predicted molar refractivity (Wildman–Crippen MR) is 123 cm³/mol. The van der Waals surface area contributed by atoms with Crippen molar-refractivity contribution in [2.75, 3.05) is 0 Å². The molecular formula is C21H26Br2S2. The number of hydrogen-bond donors (Lipinski definition) is 0. The molecule has 0 aromatic carbocycles. The van der Waals surface area contributed by atoms with Crippen LogP contribution in [0.2, 0.25) is 0 Å². The van der Waals surface area contributed by atoms with Crippen LogP contribution in [0.15, 0.2) is 37.9 Å². The topological polar surface area (TPSA) is 0 Å². The highest BCUT2D eigenvalue weighted by Gasteiger charge is 2.08. The van der Waals surface area contributed by atoms with E-state index in [2.05, 4.69) is 110 Å². The number of hydrogen-bond acceptors (Lipinski definition) is 2. The van der Waals surface area contributed by atoms with E-state index in [4.69, 9.17) is 0 Å². The Balaban J connectivity index is 0.000000251. The van der Waals surface area contributed by atoms with Gasteiger partial charge >= 0.3 is 0 Å². The van der Waals surface area contributed by atoms with Crippen molar-refractivity contribution in [3.63, 3.8) is 0 Å².